The van der Waals surface area contributed by atoms with Crippen molar-refractivity contribution in [3.8, 4) is 0 Å². The zero-order valence-corrected chi connectivity index (χ0v) is 18.0. The van der Waals surface area contributed by atoms with E-state index in [-0.39, 0.29) is 6.42 Å². The fourth-order valence-electron chi connectivity index (χ4n) is 2.59. The molecule has 14 nitrogen and oxygen atoms in total. The third-order valence-corrected chi connectivity index (χ3v) is 4.43. The standard InChI is InChI=1S/C18H33N5O9/c1-8(24)13(17(30)23-14(9(2)25)18(31)32)22-16(29)11(7-12(26)27)21-15(28)10(20)5-3-4-6-19/h8-11,13-14,24-25H,3-7,19-20H2,1-2H3,(H,21,28)(H,22,29)(H,23,30)(H,26,27)(H,31,32). The van der Waals surface area contributed by atoms with Gasteiger partial charge in [-0.3, -0.25) is 19.2 Å². The van der Waals surface area contributed by atoms with Crippen LogP contribution in [-0.2, 0) is 24.0 Å². The van der Waals surface area contributed by atoms with E-state index in [4.69, 9.17) is 21.7 Å². The molecule has 0 aromatic carbocycles. The molecule has 184 valence electrons. The maximum Gasteiger partial charge on any atom is 0.328 e. The van der Waals surface area contributed by atoms with Crippen LogP contribution in [0.3, 0.4) is 0 Å². The van der Waals surface area contributed by atoms with Crippen molar-refractivity contribution in [2.24, 2.45) is 11.5 Å². The van der Waals surface area contributed by atoms with E-state index in [1.54, 1.807) is 0 Å². The fraction of sp³-hybridized carbons (Fsp3) is 0.722. The van der Waals surface area contributed by atoms with Crippen molar-refractivity contribution in [2.45, 2.75) is 75.9 Å². The number of carboxylic acid groups (broad SMARTS) is 2. The van der Waals surface area contributed by atoms with Crippen LogP contribution in [0, 0.1) is 0 Å². The number of nitrogens with two attached hydrogens (primary N) is 2. The number of amides is 3. The Labute approximate surface area is 184 Å². The number of aliphatic carboxylic acids is 2. The van der Waals surface area contributed by atoms with Gasteiger partial charge in [0.25, 0.3) is 0 Å². The number of nitrogens with one attached hydrogen (secondary N) is 3. The molecule has 14 heteroatoms. The van der Waals surface area contributed by atoms with Crippen LogP contribution in [0.1, 0.15) is 39.5 Å². The van der Waals surface area contributed by atoms with Crippen molar-refractivity contribution in [2.75, 3.05) is 6.54 Å². The zero-order chi connectivity index (χ0) is 25.0. The zero-order valence-electron chi connectivity index (χ0n) is 18.0. The van der Waals surface area contributed by atoms with Crippen LogP contribution in [0.15, 0.2) is 0 Å². The Bertz CT molecular complexity index is 671. The monoisotopic (exact) mass is 463 g/mol. The average molecular weight is 463 g/mol. The molecule has 0 aliphatic carbocycles. The molecule has 3 amide bonds. The summed E-state index contributed by atoms with van der Waals surface area (Å²) in [6.45, 7) is 2.64. The molecule has 0 aromatic rings. The number of carboxylic acids is 2. The second kappa shape index (κ2) is 14.3. The van der Waals surface area contributed by atoms with Crippen molar-refractivity contribution < 1.29 is 44.4 Å². The Morgan fingerprint density at radius 3 is 1.78 bits per heavy atom. The largest absolute Gasteiger partial charge is 0.481 e. The maximum absolute atomic E-state index is 12.6. The maximum atomic E-state index is 12.6. The van der Waals surface area contributed by atoms with E-state index in [0.717, 1.165) is 13.8 Å². The van der Waals surface area contributed by atoms with Crippen LogP contribution in [0.4, 0.5) is 0 Å². The van der Waals surface area contributed by atoms with Gasteiger partial charge in [0, 0.05) is 0 Å². The van der Waals surface area contributed by atoms with Gasteiger partial charge in [-0.2, -0.15) is 0 Å². The second-order valence-corrected chi connectivity index (χ2v) is 7.34. The second-order valence-electron chi connectivity index (χ2n) is 7.34. The molecule has 0 heterocycles. The number of carbonyl (C=O) groups is 5. The predicted molar refractivity (Wildman–Crippen MR) is 110 cm³/mol. The van der Waals surface area contributed by atoms with Gasteiger partial charge in [-0.1, -0.05) is 6.42 Å². The van der Waals surface area contributed by atoms with E-state index in [1.807, 2.05) is 5.32 Å². The van der Waals surface area contributed by atoms with Crippen LogP contribution < -0.4 is 27.4 Å². The summed E-state index contributed by atoms with van der Waals surface area (Å²) in [6, 6.07) is -6.07. The summed E-state index contributed by atoms with van der Waals surface area (Å²) in [4.78, 5) is 59.4. The highest BCUT2D eigenvalue weighted by molar-refractivity contribution is 5.95. The number of hydrogen-bond acceptors (Lipinski definition) is 9. The SMILES string of the molecule is CC(O)C(NC(=O)C(NC(=O)C(CC(=O)O)NC(=O)C(N)CCCCN)C(C)O)C(=O)O. The summed E-state index contributed by atoms with van der Waals surface area (Å²) < 4.78 is 0. The number of unbranched alkanes of at least 4 members (excludes halogenated alkanes) is 1. The molecule has 0 aliphatic heterocycles. The molecule has 0 aliphatic rings. The topological polar surface area (TPSA) is 254 Å². The van der Waals surface area contributed by atoms with E-state index < -0.39 is 72.5 Å². The van der Waals surface area contributed by atoms with Crippen molar-refractivity contribution >= 4 is 29.7 Å². The first-order valence-corrected chi connectivity index (χ1v) is 9.99. The summed E-state index contributed by atoms with van der Waals surface area (Å²) in [5, 5.41) is 43.7. The lowest BCUT2D eigenvalue weighted by Gasteiger charge is -2.26. The van der Waals surface area contributed by atoms with Crippen LogP contribution >= 0.6 is 0 Å². The van der Waals surface area contributed by atoms with Crippen molar-refractivity contribution in [1.82, 2.24) is 16.0 Å². The molecule has 0 radical (unpaired) electrons. The molecule has 0 fully saturated rings. The van der Waals surface area contributed by atoms with E-state index >= 15 is 0 Å². The first kappa shape index (κ1) is 29.2. The molecule has 0 bridgehead atoms. The summed E-state index contributed by atoms with van der Waals surface area (Å²) in [5.41, 5.74) is 11.1. The number of aliphatic hydroxyl groups is 2. The van der Waals surface area contributed by atoms with Crippen molar-refractivity contribution in [1.29, 1.82) is 0 Å². The number of carbonyl (C=O) groups excluding carboxylic acids is 3. The number of hydrogen-bond donors (Lipinski definition) is 9. The lowest BCUT2D eigenvalue weighted by molar-refractivity contribution is -0.146. The molecule has 0 saturated carbocycles. The van der Waals surface area contributed by atoms with Crippen LogP contribution in [0.5, 0.6) is 0 Å². The molecular weight excluding hydrogens is 430 g/mol. The van der Waals surface area contributed by atoms with Gasteiger partial charge in [-0.15, -0.1) is 0 Å². The number of aliphatic hydroxyl groups excluding tert-OH is 2. The van der Waals surface area contributed by atoms with Crippen molar-refractivity contribution in [3.63, 3.8) is 0 Å². The third-order valence-electron chi connectivity index (χ3n) is 4.43. The van der Waals surface area contributed by atoms with Gasteiger partial charge in [0.1, 0.15) is 12.1 Å². The van der Waals surface area contributed by atoms with E-state index in [2.05, 4.69) is 10.6 Å². The molecule has 0 rings (SSSR count). The first-order chi connectivity index (χ1) is 14.8. The van der Waals surface area contributed by atoms with Gasteiger partial charge in [0.15, 0.2) is 6.04 Å². The Morgan fingerprint density at radius 2 is 1.34 bits per heavy atom. The van der Waals surface area contributed by atoms with Crippen LogP contribution in [0.2, 0.25) is 0 Å². The Hall–Kier alpha value is -2.81. The minimum Gasteiger partial charge on any atom is -0.481 e. The van der Waals surface area contributed by atoms with Gasteiger partial charge in [0.2, 0.25) is 17.7 Å². The quantitative estimate of drug-likeness (QED) is 0.106. The van der Waals surface area contributed by atoms with Gasteiger partial charge in [-0.25, -0.2) is 4.79 Å². The van der Waals surface area contributed by atoms with Gasteiger partial charge in [0.05, 0.1) is 24.7 Å². The van der Waals surface area contributed by atoms with Gasteiger partial charge in [-0.05, 0) is 33.2 Å². The predicted octanol–water partition coefficient (Wildman–Crippen LogP) is -3.78. The molecule has 6 atom stereocenters. The molecule has 6 unspecified atom stereocenters. The highest BCUT2D eigenvalue weighted by Gasteiger charge is 2.34. The highest BCUT2D eigenvalue weighted by atomic mass is 16.4. The lowest BCUT2D eigenvalue weighted by Crippen LogP contribution is -2.61. The van der Waals surface area contributed by atoms with Gasteiger partial charge < -0.3 is 47.8 Å². The van der Waals surface area contributed by atoms with Gasteiger partial charge >= 0.3 is 11.9 Å². The minimum atomic E-state index is -1.72. The third kappa shape index (κ3) is 10.5. The molecule has 11 N–H and O–H groups in total. The molecule has 32 heavy (non-hydrogen) atoms. The fourth-order valence-corrected chi connectivity index (χ4v) is 2.59. The van der Waals surface area contributed by atoms with Crippen molar-refractivity contribution in [3.05, 3.63) is 0 Å². The summed E-state index contributed by atoms with van der Waals surface area (Å²) >= 11 is 0. The van der Waals surface area contributed by atoms with E-state index in [0.29, 0.717) is 19.4 Å². The Kier molecular flexibility index (Phi) is 13.0. The summed E-state index contributed by atoms with van der Waals surface area (Å²) in [7, 11) is 0. The minimum absolute atomic E-state index is 0.249. The number of rotatable bonds is 15. The summed E-state index contributed by atoms with van der Waals surface area (Å²) in [6.07, 6.45) is -2.44. The van der Waals surface area contributed by atoms with Crippen LogP contribution in [0.25, 0.3) is 0 Å². The van der Waals surface area contributed by atoms with E-state index in [9.17, 15) is 34.2 Å². The normalized spacial score (nSPS) is 16.6. The first-order valence-electron chi connectivity index (χ1n) is 9.99. The Morgan fingerprint density at radius 1 is 0.812 bits per heavy atom. The molecule has 0 saturated heterocycles. The lowest BCUT2D eigenvalue weighted by atomic mass is 10.1. The molecular formula is C18H33N5O9. The molecule has 0 spiro atoms. The van der Waals surface area contributed by atoms with Crippen LogP contribution in [-0.4, -0.2) is 93.0 Å². The smallest absolute Gasteiger partial charge is 0.328 e. The highest BCUT2D eigenvalue weighted by Crippen LogP contribution is 2.03. The molecule has 0 aromatic heterocycles. The van der Waals surface area contributed by atoms with E-state index in [1.165, 1.54) is 0 Å². The average Bonchev–Trinajstić information content (AvgIpc) is 2.68. The Balaban J connectivity index is 5.35. The summed E-state index contributed by atoms with van der Waals surface area (Å²) in [5.74, 6) is -6.02.